The molecule has 0 radical (unpaired) electrons. The van der Waals surface area contributed by atoms with Crippen LogP contribution in [0.4, 0.5) is 0 Å². The number of nitriles is 1. The van der Waals surface area contributed by atoms with Crippen molar-refractivity contribution in [3.63, 3.8) is 0 Å². The zero-order valence-electron chi connectivity index (χ0n) is 11.9. The van der Waals surface area contributed by atoms with Crippen LogP contribution in [0.5, 0.6) is 0 Å². The molecule has 0 unspecified atom stereocenters. The van der Waals surface area contributed by atoms with Crippen molar-refractivity contribution in [1.82, 2.24) is 14.7 Å². The number of pyridine rings is 1. The van der Waals surface area contributed by atoms with Crippen LogP contribution in [0.2, 0.25) is 0 Å². The van der Waals surface area contributed by atoms with Gasteiger partial charge in [-0.25, -0.2) is 4.98 Å². The third-order valence-corrected chi connectivity index (χ3v) is 3.50. The van der Waals surface area contributed by atoms with Crippen LogP contribution in [-0.4, -0.2) is 9.38 Å². The molecule has 0 saturated carbocycles. The highest BCUT2D eigenvalue weighted by Crippen LogP contribution is 2.11. The van der Waals surface area contributed by atoms with Crippen molar-refractivity contribution in [1.29, 1.82) is 5.26 Å². The minimum atomic E-state index is 0.694. The lowest BCUT2D eigenvalue weighted by atomic mass is 10.1. The summed E-state index contributed by atoms with van der Waals surface area (Å²) in [6.45, 7) is 3.53. The van der Waals surface area contributed by atoms with Gasteiger partial charge in [0.25, 0.3) is 0 Å². The number of imidazole rings is 1. The largest absolute Gasteiger partial charge is 0.307 e. The van der Waals surface area contributed by atoms with E-state index < -0.39 is 0 Å². The van der Waals surface area contributed by atoms with E-state index >= 15 is 0 Å². The summed E-state index contributed by atoms with van der Waals surface area (Å²) in [5, 5.41) is 12.3. The number of hydrogen-bond donors (Lipinski definition) is 1. The second-order valence-corrected chi connectivity index (χ2v) is 5.05. The number of benzene rings is 1. The predicted molar refractivity (Wildman–Crippen MR) is 81.6 cm³/mol. The Morgan fingerprint density at radius 3 is 3.00 bits per heavy atom. The van der Waals surface area contributed by atoms with Gasteiger partial charge in [0.05, 0.1) is 23.5 Å². The van der Waals surface area contributed by atoms with E-state index in [1.54, 1.807) is 0 Å². The smallest absolute Gasteiger partial charge is 0.139 e. The average Bonchev–Trinajstić information content (AvgIpc) is 2.92. The summed E-state index contributed by atoms with van der Waals surface area (Å²) >= 11 is 0. The predicted octanol–water partition coefficient (Wildman–Crippen LogP) is 2.80. The van der Waals surface area contributed by atoms with Gasteiger partial charge in [0.1, 0.15) is 5.65 Å². The van der Waals surface area contributed by atoms with E-state index in [0.717, 1.165) is 30.0 Å². The molecule has 1 N–H and O–H groups in total. The van der Waals surface area contributed by atoms with Gasteiger partial charge >= 0.3 is 0 Å². The molecule has 21 heavy (non-hydrogen) atoms. The Hall–Kier alpha value is -2.64. The molecule has 0 spiro atoms. The normalized spacial score (nSPS) is 10.7. The van der Waals surface area contributed by atoms with Crippen molar-refractivity contribution >= 4 is 5.65 Å². The number of aryl methyl sites for hydroxylation is 1. The Morgan fingerprint density at radius 2 is 2.14 bits per heavy atom. The molecule has 0 fully saturated rings. The van der Waals surface area contributed by atoms with Crippen molar-refractivity contribution in [2.75, 3.05) is 0 Å². The maximum absolute atomic E-state index is 8.90. The Labute approximate surface area is 123 Å². The fraction of sp³-hybridized carbons (Fsp3) is 0.176. The minimum absolute atomic E-state index is 0.694. The summed E-state index contributed by atoms with van der Waals surface area (Å²) in [5.41, 5.74) is 5.11. The van der Waals surface area contributed by atoms with Crippen molar-refractivity contribution in [3.05, 3.63) is 71.2 Å². The molecule has 0 bridgehead atoms. The summed E-state index contributed by atoms with van der Waals surface area (Å²) in [5.74, 6) is 0. The molecule has 2 heterocycles. The highest BCUT2D eigenvalue weighted by molar-refractivity contribution is 5.48. The molecule has 0 amide bonds. The first-order valence-corrected chi connectivity index (χ1v) is 6.89. The fourth-order valence-corrected chi connectivity index (χ4v) is 2.42. The van der Waals surface area contributed by atoms with Crippen molar-refractivity contribution in [2.45, 2.75) is 20.0 Å². The van der Waals surface area contributed by atoms with E-state index in [0.29, 0.717) is 5.56 Å². The summed E-state index contributed by atoms with van der Waals surface area (Å²) in [4.78, 5) is 4.45. The molecule has 4 nitrogen and oxygen atoms in total. The molecule has 0 aliphatic heterocycles. The zero-order chi connectivity index (χ0) is 14.7. The molecule has 0 atom stereocenters. The van der Waals surface area contributed by atoms with Crippen LogP contribution in [0.25, 0.3) is 5.65 Å². The summed E-state index contributed by atoms with van der Waals surface area (Å²) in [6.07, 6.45) is 3.93. The van der Waals surface area contributed by atoms with E-state index in [1.807, 2.05) is 42.7 Å². The number of aromatic nitrogens is 2. The number of nitrogens with one attached hydrogen (secondary N) is 1. The van der Waals surface area contributed by atoms with Crippen LogP contribution in [0.15, 0.2) is 48.8 Å². The molecule has 104 valence electrons. The maximum Gasteiger partial charge on any atom is 0.139 e. The summed E-state index contributed by atoms with van der Waals surface area (Å²) < 4.78 is 2.11. The minimum Gasteiger partial charge on any atom is -0.307 e. The fourth-order valence-electron chi connectivity index (χ4n) is 2.42. The first-order valence-electron chi connectivity index (χ1n) is 6.89. The van der Waals surface area contributed by atoms with Crippen molar-refractivity contribution in [2.24, 2.45) is 0 Å². The molecule has 0 aliphatic carbocycles. The van der Waals surface area contributed by atoms with Gasteiger partial charge in [-0.1, -0.05) is 18.2 Å². The van der Waals surface area contributed by atoms with Gasteiger partial charge in [-0.3, -0.25) is 0 Å². The van der Waals surface area contributed by atoms with E-state index in [1.165, 1.54) is 5.56 Å². The number of nitrogens with zero attached hydrogens (tertiary/aromatic N) is 3. The number of fused-ring (bicyclic) bond motifs is 1. The van der Waals surface area contributed by atoms with Crippen LogP contribution in [0.3, 0.4) is 0 Å². The lowest BCUT2D eigenvalue weighted by Gasteiger charge is -2.06. The topological polar surface area (TPSA) is 53.1 Å². The first kappa shape index (κ1) is 13.3. The monoisotopic (exact) mass is 276 g/mol. The zero-order valence-corrected chi connectivity index (χ0v) is 11.9. The molecule has 0 aliphatic rings. The van der Waals surface area contributed by atoms with Gasteiger partial charge in [0.2, 0.25) is 0 Å². The molecule has 3 rings (SSSR count). The van der Waals surface area contributed by atoms with Gasteiger partial charge in [-0.2, -0.15) is 5.26 Å². The SMILES string of the molecule is Cc1cccn2c(CNCc3cccc(C#N)c3)cnc12. The van der Waals surface area contributed by atoms with Crippen LogP contribution in [0.1, 0.15) is 22.4 Å². The van der Waals surface area contributed by atoms with Gasteiger partial charge < -0.3 is 9.72 Å². The Bertz CT molecular complexity index is 811. The van der Waals surface area contributed by atoms with Crippen LogP contribution in [-0.2, 0) is 13.1 Å². The third kappa shape index (κ3) is 2.78. The molecular weight excluding hydrogens is 260 g/mol. The van der Waals surface area contributed by atoms with Crippen LogP contribution in [0, 0.1) is 18.3 Å². The molecular formula is C17H16N4. The van der Waals surface area contributed by atoms with Crippen molar-refractivity contribution < 1.29 is 0 Å². The van der Waals surface area contributed by atoms with Gasteiger partial charge in [0.15, 0.2) is 0 Å². The molecule has 0 saturated heterocycles. The molecule has 1 aromatic carbocycles. The highest BCUT2D eigenvalue weighted by atomic mass is 15.0. The Balaban J connectivity index is 1.70. The summed E-state index contributed by atoms with van der Waals surface area (Å²) in [6, 6.07) is 13.9. The van der Waals surface area contributed by atoms with E-state index in [9.17, 15) is 0 Å². The Kier molecular flexibility index (Phi) is 3.67. The second kappa shape index (κ2) is 5.78. The van der Waals surface area contributed by atoms with E-state index in [2.05, 4.69) is 33.8 Å². The maximum atomic E-state index is 8.90. The van der Waals surface area contributed by atoms with Crippen LogP contribution >= 0.6 is 0 Å². The van der Waals surface area contributed by atoms with Gasteiger partial charge in [-0.15, -0.1) is 0 Å². The van der Waals surface area contributed by atoms with Crippen molar-refractivity contribution in [3.8, 4) is 6.07 Å². The van der Waals surface area contributed by atoms with E-state index in [4.69, 9.17) is 5.26 Å². The average molecular weight is 276 g/mol. The van der Waals surface area contributed by atoms with Gasteiger partial charge in [-0.05, 0) is 36.2 Å². The lowest BCUT2D eigenvalue weighted by molar-refractivity contribution is 0.675. The molecule has 4 heteroatoms. The first-order chi connectivity index (χ1) is 10.3. The highest BCUT2D eigenvalue weighted by Gasteiger charge is 2.04. The standard InChI is InChI=1S/C17H16N4/c1-13-4-3-7-21-16(12-20-17(13)21)11-19-10-15-6-2-5-14(8-15)9-18/h2-8,12,19H,10-11H2,1H3. The molecule has 3 aromatic rings. The Morgan fingerprint density at radius 1 is 1.24 bits per heavy atom. The molecule has 2 aromatic heterocycles. The van der Waals surface area contributed by atoms with E-state index in [-0.39, 0.29) is 0 Å². The second-order valence-electron chi connectivity index (χ2n) is 5.05. The number of rotatable bonds is 4. The third-order valence-electron chi connectivity index (χ3n) is 3.50. The quantitative estimate of drug-likeness (QED) is 0.797. The van der Waals surface area contributed by atoms with Gasteiger partial charge in [0, 0.05) is 19.3 Å². The summed E-state index contributed by atoms with van der Waals surface area (Å²) in [7, 11) is 0. The van der Waals surface area contributed by atoms with Crippen LogP contribution < -0.4 is 5.32 Å². The number of hydrogen-bond acceptors (Lipinski definition) is 3. The lowest BCUT2D eigenvalue weighted by Crippen LogP contribution is -2.14.